The second-order valence-electron chi connectivity index (χ2n) is 5.93. The van der Waals surface area contributed by atoms with E-state index in [0.29, 0.717) is 0 Å². The summed E-state index contributed by atoms with van der Waals surface area (Å²) >= 11 is 1.75. The topological polar surface area (TPSA) is 12.9 Å². The van der Waals surface area contributed by atoms with Crippen molar-refractivity contribution in [3.63, 3.8) is 0 Å². The van der Waals surface area contributed by atoms with Crippen LogP contribution in [0.15, 0.2) is 48.5 Å². The summed E-state index contributed by atoms with van der Waals surface area (Å²) in [5.74, 6) is 0. The normalized spacial score (nSPS) is 11.4. The van der Waals surface area contributed by atoms with Crippen molar-refractivity contribution in [2.75, 3.05) is 0 Å². The first-order chi connectivity index (χ1) is 10.6. The van der Waals surface area contributed by atoms with Crippen LogP contribution in [0.5, 0.6) is 0 Å². The van der Waals surface area contributed by atoms with E-state index in [2.05, 4.69) is 74.3 Å². The number of aromatic nitrogens is 1. The van der Waals surface area contributed by atoms with Gasteiger partial charge in [0, 0.05) is 0 Å². The number of benzene rings is 3. The lowest BCUT2D eigenvalue weighted by molar-refractivity contribution is 1.35. The van der Waals surface area contributed by atoms with E-state index in [1.54, 1.807) is 11.3 Å². The largest absolute Gasteiger partial charge is 0.241 e. The molecule has 0 fully saturated rings. The summed E-state index contributed by atoms with van der Waals surface area (Å²) in [5, 5.41) is 3.73. The van der Waals surface area contributed by atoms with Gasteiger partial charge in [0.25, 0.3) is 0 Å². The van der Waals surface area contributed by atoms with Gasteiger partial charge in [-0.15, -0.1) is 11.3 Å². The Bertz CT molecular complexity index is 1010. The standard InChI is InChI=1S/C20H17NS/c1-12-4-5-15-9-13(2)18(10-17(15)8-12)16-6-7-20-19(11-16)21-14(3)22-20/h4-11H,1-3H3. The number of aryl methyl sites for hydroxylation is 3. The molecule has 0 aliphatic rings. The fraction of sp³-hybridized carbons (Fsp3) is 0.150. The van der Waals surface area contributed by atoms with E-state index in [4.69, 9.17) is 0 Å². The van der Waals surface area contributed by atoms with Gasteiger partial charge in [0.1, 0.15) is 0 Å². The lowest BCUT2D eigenvalue weighted by Crippen LogP contribution is -1.86. The number of hydrogen-bond acceptors (Lipinski definition) is 2. The van der Waals surface area contributed by atoms with Gasteiger partial charge in [-0.05, 0) is 66.4 Å². The first kappa shape index (κ1) is 13.5. The van der Waals surface area contributed by atoms with Gasteiger partial charge in [0.05, 0.1) is 15.2 Å². The molecule has 4 rings (SSSR count). The molecule has 0 atom stereocenters. The Morgan fingerprint density at radius 3 is 2.55 bits per heavy atom. The van der Waals surface area contributed by atoms with Crippen molar-refractivity contribution in [1.82, 2.24) is 4.98 Å². The van der Waals surface area contributed by atoms with Crippen LogP contribution in [0, 0.1) is 20.8 Å². The number of rotatable bonds is 1. The van der Waals surface area contributed by atoms with Crippen molar-refractivity contribution >= 4 is 32.3 Å². The van der Waals surface area contributed by atoms with Crippen molar-refractivity contribution in [3.8, 4) is 11.1 Å². The van der Waals surface area contributed by atoms with Crippen LogP contribution in [-0.4, -0.2) is 4.98 Å². The van der Waals surface area contributed by atoms with Gasteiger partial charge >= 0.3 is 0 Å². The smallest absolute Gasteiger partial charge is 0.0907 e. The highest BCUT2D eigenvalue weighted by molar-refractivity contribution is 7.18. The maximum atomic E-state index is 4.62. The van der Waals surface area contributed by atoms with Gasteiger partial charge in [-0.1, -0.05) is 35.9 Å². The predicted molar refractivity (Wildman–Crippen MR) is 96.8 cm³/mol. The summed E-state index contributed by atoms with van der Waals surface area (Å²) < 4.78 is 1.26. The zero-order chi connectivity index (χ0) is 15.3. The fourth-order valence-corrected chi connectivity index (χ4v) is 3.86. The first-order valence-electron chi connectivity index (χ1n) is 7.49. The van der Waals surface area contributed by atoms with Crippen LogP contribution in [0.1, 0.15) is 16.1 Å². The molecule has 0 aliphatic carbocycles. The van der Waals surface area contributed by atoms with Gasteiger partial charge in [-0.3, -0.25) is 0 Å². The highest BCUT2D eigenvalue weighted by Crippen LogP contribution is 2.32. The van der Waals surface area contributed by atoms with Crippen molar-refractivity contribution in [2.45, 2.75) is 20.8 Å². The third-order valence-corrected chi connectivity index (χ3v) is 5.10. The van der Waals surface area contributed by atoms with E-state index in [1.165, 1.54) is 37.7 Å². The fourth-order valence-electron chi connectivity index (χ4n) is 3.05. The summed E-state index contributed by atoms with van der Waals surface area (Å²) in [6.07, 6.45) is 0. The van der Waals surface area contributed by atoms with Crippen molar-refractivity contribution in [2.24, 2.45) is 0 Å². The van der Waals surface area contributed by atoms with Crippen LogP contribution in [0.25, 0.3) is 32.1 Å². The minimum absolute atomic E-state index is 1.10. The third kappa shape index (κ3) is 2.20. The maximum Gasteiger partial charge on any atom is 0.0907 e. The Hall–Kier alpha value is -2.19. The summed E-state index contributed by atoms with van der Waals surface area (Å²) in [6, 6.07) is 17.8. The van der Waals surface area contributed by atoms with Crippen molar-refractivity contribution in [1.29, 1.82) is 0 Å². The summed E-state index contributed by atoms with van der Waals surface area (Å²) in [7, 11) is 0. The van der Waals surface area contributed by atoms with Crippen LogP contribution >= 0.6 is 11.3 Å². The van der Waals surface area contributed by atoms with Crippen molar-refractivity contribution in [3.05, 3.63) is 64.7 Å². The van der Waals surface area contributed by atoms with Gasteiger partial charge in [0.2, 0.25) is 0 Å². The summed E-state index contributed by atoms with van der Waals surface area (Å²) in [6.45, 7) is 6.39. The number of fused-ring (bicyclic) bond motifs is 2. The van der Waals surface area contributed by atoms with E-state index in [9.17, 15) is 0 Å². The molecule has 0 radical (unpaired) electrons. The highest BCUT2D eigenvalue weighted by Gasteiger charge is 2.07. The van der Waals surface area contributed by atoms with Gasteiger partial charge < -0.3 is 0 Å². The predicted octanol–water partition coefficient (Wildman–Crippen LogP) is 6.04. The zero-order valence-corrected chi connectivity index (χ0v) is 13.8. The zero-order valence-electron chi connectivity index (χ0n) is 13.0. The summed E-state index contributed by atoms with van der Waals surface area (Å²) in [5.41, 5.74) is 6.25. The quantitative estimate of drug-likeness (QED) is 0.417. The molecular weight excluding hydrogens is 286 g/mol. The average Bonchev–Trinajstić information content (AvgIpc) is 2.86. The van der Waals surface area contributed by atoms with E-state index < -0.39 is 0 Å². The Balaban J connectivity index is 1.95. The Labute approximate surface area is 134 Å². The molecule has 22 heavy (non-hydrogen) atoms. The molecule has 1 aromatic heterocycles. The van der Waals surface area contributed by atoms with E-state index in [1.807, 2.05) is 0 Å². The Morgan fingerprint density at radius 2 is 1.68 bits per heavy atom. The molecule has 1 nitrogen and oxygen atoms in total. The number of hydrogen-bond donors (Lipinski definition) is 0. The molecule has 0 saturated heterocycles. The minimum Gasteiger partial charge on any atom is -0.241 e. The molecule has 0 spiro atoms. The SMILES string of the molecule is Cc1ccc2cc(C)c(-c3ccc4sc(C)nc4c3)cc2c1. The molecule has 2 heteroatoms. The molecule has 0 amide bonds. The molecule has 0 N–H and O–H groups in total. The third-order valence-electron chi connectivity index (χ3n) is 4.14. The molecule has 0 bridgehead atoms. The molecule has 4 aromatic rings. The van der Waals surface area contributed by atoms with Crippen LogP contribution in [0.4, 0.5) is 0 Å². The van der Waals surface area contributed by atoms with Crippen LogP contribution < -0.4 is 0 Å². The molecule has 108 valence electrons. The van der Waals surface area contributed by atoms with Crippen molar-refractivity contribution < 1.29 is 0 Å². The molecule has 0 aliphatic heterocycles. The Kier molecular flexibility index (Phi) is 3.02. The molecule has 3 aromatic carbocycles. The minimum atomic E-state index is 1.10. The number of thiazole rings is 1. The van der Waals surface area contributed by atoms with Crippen LogP contribution in [-0.2, 0) is 0 Å². The van der Waals surface area contributed by atoms with Gasteiger partial charge in [-0.2, -0.15) is 0 Å². The number of nitrogens with zero attached hydrogens (tertiary/aromatic N) is 1. The van der Waals surface area contributed by atoms with Gasteiger partial charge in [0.15, 0.2) is 0 Å². The first-order valence-corrected chi connectivity index (χ1v) is 8.30. The van der Waals surface area contributed by atoms with Crippen LogP contribution in [0.2, 0.25) is 0 Å². The van der Waals surface area contributed by atoms with E-state index in [0.717, 1.165) is 10.5 Å². The summed E-state index contributed by atoms with van der Waals surface area (Å²) in [4.78, 5) is 4.62. The second kappa shape index (κ2) is 4.92. The Morgan fingerprint density at radius 1 is 0.818 bits per heavy atom. The second-order valence-corrected chi connectivity index (χ2v) is 7.17. The van der Waals surface area contributed by atoms with Gasteiger partial charge in [-0.25, -0.2) is 4.98 Å². The molecule has 1 heterocycles. The molecule has 0 saturated carbocycles. The molecular formula is C20H17NS. The lowest BCUT2D eigenvalue weighted by Gasteiger charge is -2.09. The average molecular weight is 303 g/mol. The highest BCUT2D eigenvalue weighted by atomic mass is 32.1. The van der Waals surface area contributed by atoms with E-state index in [-0.39, 0.29) is 0 Å². The maximum absolute atomic E-state index is 4.62. The monoisotopic (exact) mass is 303 g/mol. The molecule has 0 unspecified atom stereocenters. The van der Waals surface area contributed by atoms with E-state index >= 15 is 0 Å². The lowest BCUT2D eigenvalue weighted by atomic mass is 9.95. The van der Waals surface area contributed by atoms with Crippen LogP contribution in [0.3, 0.4) is 0 Å².